The first-order chi connectivity index (χ1) is 12.7. The summed E-state index contributed by atoms with van der Waals surface area (Å²) in [6.45, 7) is 7.86. The highest BCUT2D eigenvalue weighted by Gasteiger charge is 2.19. The van der Waals surface area contributed by atoms with Crippen LogP contribution in [0.4, 0.5) is 0 Å². The molecule has 2 rings (SSSR count). The van der Waals surface area contributed by atoms with Crippen LogP contribution in [0.25, 0.3) is 0 Å². The van der Waals surface area contributed by atoms with Crippen LogP contribution in [0.5, 0.6) is 17.2 Å². The van der Waals surface area contributed by atoms with Gasteiger partial charge in [0.15, 0.2) is 0 Å². The third-order valence-electron chi connectivity index (χ3n) is 3.72. The molecular weight excluding hydrogens is 328 g/mol. The Bertz CT molecular complexity index is 709. The van der Waals surface area contributed by atoms with E-state index in [1.807, 2.05) is 51.1 Å². The van der Waals surface area contributed by atoms with Crippen LogP contribution in [-0.2, 0) is 0 Å². The number of ketones is 1. The van der Waals surface area contributed by atoms with E-state index in [1.165, 1.54) is 0 Å². The molecule has 0 spiro atoms. The molecule has 4 nitrogen and oxygen atoms in total. The van der Waals surface area contributed by atoms with Crippen LogP contribution in [0.15, 0.2) is 42.5 Å². The Labute approximate surface area is 156 Å². The lowest BCUT2D eigenvalue weighted by Crippen LogP contribution is -2.09. The molecule has 0 atom stereocenters. The van der Waals surface area contributed by atoms with Gasteiger partial charge in [-0.3, -0.25) is 4.79 Å². The maximum absolute atomic E-state index is 13.2. The first-order valence-electron chi connectivity index (χ1n) is 9.37. The van der Waals surface area contributed by atoms with Crippen molar-refractivity contribution in [1.29, 1.82) is 0 Å². The predicted octanol–water partition coefficient (Wildman–Crippen LogP) is 5.28. The molecule has 4 heteroatoms. The Morgan fingerprint density at radius 1 is 0.731 bits per heavy atom. The van der Waals surface area contributed by atoms with Gasteiger partial charge in [0.25, 0.3) is 0 Å². The lowest BCUT2D eigenvalue weighted by Gasteiger charge is -2.15. The van der Waals surface area contributed by atoms with E-state index in [9.17, 15) is 4.79 Å². The van der Waals surface area contributed by atoms with Gasteiger partial charge >= 0.3 is 0 Å². The van der Waals surface area contributed by atoms with Gasteiger partial charge in [0.2, 0.25) is 5.78 Å². The molecule has 0 amide bonds. The molecule has 26 heavy (non-hydrogen) atoms. The molecule has 0 aliphatic rings. The molecule has 2 aromatic rings. The Kier molecular flexibility index (Phi) is 8.00. The first kappa shape index (κ1) is 19.8. The minimum atomic E-state index is -0.121. The fourth-order valence-corrected chi connectivity index (χ4v) is 2.47. The molecule has 0 N–H and O–H groups in total. The zero-order valence-corrected chi connectivity index (χ0v) is 15.9. The van der Waals surface area contributed by atoms with E-state index in [-0.39, 0.29) is 5.78 Å². The fraction of sp³-hybridized carbons (Fsp3) is 0.409. The lowest BCUT2D eigenvalue weighted by atomic mass is 10.0. The Balaban J connectivity index is 2.38. The van der Waals surface area contributed by atoms with Crippen LogP contribution in [0.2, 0.25) is 0 Å². The van der Waals surface area contributed by atoms with Crippen molar-refractivity contribution in [2.75, 3.05) is 19.8 Å². The van der Waals surface area contributed by atoms with Crippen molar-refractivity contribution in [2.24, 2.45) is 0 Å². The van der Waals surface area contributed by atoms with Gasteiger partial charge in [-0.1, -0.05) is 32.9 Å². The predicted molar refractivity (Wildman–Crippen MR) is 104 cm³/mol. The summed E-state index contributed by atoms with van der Waals surface area (Å²) in [6, 6.07) is 12.7. The molecule has 0 aliphatic carbocycles. The highest BCUT2D eigenvalue weighted by Crippen LogP contribution is 2.30. The van der Waals surface area contributed by atoms with E-state index in [2.05, 4.69) is 0 Å². The number of para-hydroxylation sites is 1. The van der Waals surface area contributed by atoms with E-state index in [4.69, 9.17) is 14.2 Å². The summed E-state index contributed by atoms with van der Waals surface area (Å²) in [5.41, 5.74) is 1.04. The number of hydrogen-bond acceptors (Lipinski definition) is 4. The van der Waals surface area contributed by atoms with Gasteiger partial charge in [-0.25, -0.2) is 0 Å². The van der Waals surface area contributed by atoms with Crippen LogP contribution in [-0.4, -0.2) is 25.6 Å². The van der Waals surface area contributed by atoms with Crippen LogP contribution in [0, 0.1) is 0 Å². The third-order valence-corrected chi connectivity index (χ3v) is 3.72. The van der Waals surface area contributed by atoms with Crippen molar-refractivity contribution in [2.45, 2.75) is 40.0 Å². The van der Waals surface area contributed by atoms with E-state index in [0.29, 0.717) is 48.2 Å². The molecule has 0 heterocycles. The zero-order valence-electron chi connectivity index (χ0n) is 15.9. The molecule has 0 saturated carbocycles. The van der Waals surface area contributed by atoms with Crippen molar-refractivity contribution in [3.63, 3.8) is 0 Å². The average Bonchev–Trinajstić information content (AvgIpc) is 2.69. The van der Waals surface area contributed by atoms with Gasteiger partial charge in [-0.15, -0.1) is 0 Å². The number of carbonyl (C=O) groups excluding carboxylic acids is 1. The smallest absolute Gasteiger partial charge is 0.200 e. The van der Waals surface area contributed by atoms with E-state index >= 15 is 0 Å². The molecule has 0 saturated heterocycles. The van der Waals surface area contributed by atoms with Crippen LogP contribution >= 0.6 is 0 Å². The van der Waals surface area contributed by atoms with Crippen molar-refractivity contribution in [1.82, 2.24) is 0 Å². The molecule has 0 bridgehead atoms. The summed E-state index contributed by atoms with van der Waals surface area (Å²) in [6.07, 6.45) is 2.66. The monoisotopic (exact) mass is 356 g/mol. The maximum Gasteiger partial charge on any atom is 0.200 e. The second kappa shape index (κ2) is 10.5. The van der Waals surface area contributed by atoms with E-state index in [1.54, 1.807) is 12.1 Å². The minimum absolute atomic E-state index is 0.121. The quantitative estimate of drug-likeness (QED) is 0.514. The fourth-order valence-electron chi connectivity index (χ4n) is 2.47. The maximum atomic E-state index is 13.2. The van der Waals surface area contributed by atoms with Crippen molar-refractivity contribution in [3.8, 4) is 17.2 Å². The van der Waals surface area contributed by atoms with E-state index in [0.717, 1.165) is 19.3 Å². The van der Waals surface area contributed by atoms with Gasteiger partial charge in [0.05, 0.1) is 30.9 Å². The summed E-state index contributed by atoms with van der Waals surface area (Å²) in [4.78, 5) is 13.2. The summed E-state index contributed by atoms with van der Waals surface area (Å²) in [5.74, 6) is 1.72. The molecule has 0 unspecified atom stereocenters. The van der Waals surface area contributed by atoms with Gasteiger partial charge in [-0.05, 0) is 49.6 Å². The molecule has 0 radical (unpaired) electrons. The average molecular weight is 356 g/mol. The molecule has 0 fully saturated rings. The molecule has 140 valence electrons. The minimum Gasteiger partial charge on any atom is -0.494 e. The standard InChI is InChI=1S/C22H28O4/c1-4-13-24-17-11-12-21(26-15-6-3)19(16-17)22(23)18-9-7-8-10-20(18)25-14-5-2/h7-12,16H,4-6,13-15H2,1-3H3. The Morgan fingerprint density at radius 3 is 1.96 bits per heavy atom. The van der Waals surface area contributed by atoms with Gasteiger partial charge in [0.1, 0.15) is 17.2 Å². The number of rotatable bonds is 11. The molecular formula is C22H28O4. The molecule has 0 aromatic heterocycles. The van der Waals surface area contributed by atoms with Crippen LogP contribution in [0.1, 0.15) is 56.0 Å². The van der Waals surface area contributed by atoms with Gasteiger partial charge < -0.3 is 14.2 Å². The highest BCUT2D eigenvalue weighted by molar-refractivity contribution is 6.12. The normalized spacial score (nSPS) is 10.4. The largest absolute Gasteiger partial charge is 0.494 e. The van der Waals surface area contributed by atoms with E-state index < -0.39 is 0 Å². The summed E-state index contributed by atoms with van der Waals surface area (Å²) >= 11 is 0. The third kappa shape index (κ3) is 5.25. The molecule has 0 aliphatic heterocycles. The summed E-state index contributed by atoms with van der Waals surface area (Å²) < 4.78 is 17.2. The summed E-state index contributed by atoms with van der Waals surface area (Å²) in [5, 5.41) is 0. The number of carbonyl (C=O) groups is 1. The highest BCUT2D eigenvalue weighted by atomic mass is 16.5. The number of hydrogen-bond donors (Lipinski definition) is 0. The number of ether oxygens (including phenoxy) is 3. The van der Waals surface area contributed by atoms with Gasteiger partial charge in [0, 0.05) is 0 Å². The van der Waals surface area contributed by atoms with Crippen molar-refractivity contribution >= 4 is 5.78 Å². The second-order valence-corrected chi connectivity index (χ2v) is 6.03. The Morgan fingerprint density at radius 2 is 1.31 bits per heavy atom. The van der Waals surface area contributed by atoms with Gasteiger partial charge in [-0.2, -0.15) is 0 Å². The summed E-state index contributed by atoms with van der Waals surface area (Å²) in [7, 11) is 0. The van der Waals surface area contributed by atoms with Crippen molar-refractivity contribution < 1.29 is 19.0 Å². The Hall–Kier alpha value is -2.49. The first-order valence-corrected chi connectivity index (χ1v) is 9.37. The molecule has 2 aromatic carbocycles. The lowest BCUT2D eigenvalue weighted by molar-refractivity contribution is 0.103. The SMILES string of the molecule is CCCOc1ccc(OCCC)c(C(=O)c2ccccc2OCCC)c1. The topological polar surface area (TPSA) is 44.8 Å². The van der Waals surface area contributed by atoms with Crippen molar-refractivity contribution in [3.05, 3.63) is 53.6 Å². The van der Waals surface area contributed by atoms with Crippen LogP contribution in [0.3, 0.4) is 0 Å². The zero-order chi connectivity index (χ0) is 18.8. The number of benzene rings is 2. The second-order valence-electron chi connectivity index (χ2n) is 6.03. The van der Waals surface area contributed by atoms with Crippen LogP contribution < -0.4 is 14.2 Å².